The molecule has 2 aliphatic heterocycles. The van der Waals surface area contributed by atoms with Crippen molar-refractivity contribution in [3.63, 3.8) is 0 Å². The minimum absolute atomic E-state index is 0.0723. The first-order chi connectivity index (χ1) is 19.4. The lowest BCUT2D eigenvalue weighted by Crippen LogP contribution is -2.68. The van der Waals surface area contributed by atoms with Crippen LogP contribution in [0.1, 0.15) is 18.1 Å². The van der Waals surface area contributed by atoms with Gasteiger partial charge in [-0.1, -0.05) is 78.9 Å². The van der Waals surface area contributed by atoms with Crippen LogP contribution in [0.5, 0.6) is 0 Å². The van der Waals surface area contributed by atoms with Gasteiger partial charge in [0.1, 0.15) is 30.1 Å². The number of amides is 1. The molecule has 3 aromatic rings. The van der Waals surface area contributed by atoms with Crippen molar-refractivity contribution >= 4 is 15.7 Å². The molecule has 212 valence electrons. The number of carbonyl (C=O) groups is 1. The molecule has 0 saturated carbocycles. The van der Waals surface area contributed by atoms with Gasteiger partial charge in [0.2, 0.25) is 5.91 Å². The lowest BCUT2D eigenvalue weighted by molar-refractivity contribution is -0.344. The second-order valence-electron chi connectivity index (χ2n) is 9.79. The molecule has 0 aliphatic carbocycles. The Morgan fingerprint density at radius 3 is 2.02 bits per heavy atom. The Bertz CT molecular complexity index is 1340. The minimum Gasteiger partial charge on any atom is -0.368 e. The summed E-state index contributed by atoms with van der Waals surface area (Å²) < 4.78 is 56.9. The van der Waals surface area contributed by atoms with Crippen LogP contribution in [0.15, 0.2) is 95.9 Å². The maximum Gasteiger partial charge on any atom is 0.217 e. The third kappa shape index (κ3) is 7.14. The van der Waals surface area contributed by atoms with E-state index in [1.165, 1.54) is 19.1 Å². The fourth-order valence-electron chi connectivity index (χ4n) is 4.86. The van der Waals surface area contributed by atoms with Crippen molar-refractivity contribution in [1.29, 1.82) is 0 Å². The summed E-state index contributed by atoms with van der Waals surface area (Å²) in [7, 11) is -3.68. The summed E-state index contributed by atoms with van der Waals surface area (Å²) in [6, 6.07) is 26.7. The number of ether oxygens (including phenoxy) is 5. The largest absolute Gasteiger partial charge is 0.368 e. The van der Waals surface area contributed by atoms with Crippen LogP contribution in [0.2, 0.25) is 0 Å². The number of nitrogens with one attached hydrogen (secondary N) is 1. The average molecular weight is 568 g/mol. The molecule has 6 atom stereocenters. The highest BCUT2D eigenvalue weighted by atomic mass is 32.2. The zero-order chi connectivity index (χ0) is 28.0. The molecule has 2 aliphatic rings. The molecule has 0 radical (unpaired) electrons. The van der Waals surface area contributed by atoms with Gasteiger partial charge in [0.05, 0.1) is 24.7 Å². The fraction of sp³-hybridized carbons (Fsp3) is 0.367. The lowest BCUT2D eigenvalue weighted by atomic mass is 9.95. The molecule has 0 spiro atoms. The summed E-state index contributed by atoms with van der Waals surface area (Å²) in [5, 5.41) is 2.92. The number of hydrogen-bond acceptors (Lipinski definition) is 8. The zero-order valence-electron chi connectivity index (χ0n) is 22.1. The van der Waals surface area contributed by atoms with Gasteiger partial charge in [-0.2, -0.15) is 0 Å². The smallest absolute Gasteiger partial charge is 0.217 e. The molecule has 40 heavy (non-hydrogen) atoms. The van der Waals surface area contributed by atoms with Crippen LogP contribution in [0.4, 0.5) is 0 Å². The molecular formula is C30H33NO8S. The van der Waals surface area contributed by atoms with Crippen LogP contribution < -0.4 is 5.32 Å². The van der Waals surface area contributed by atoms with Crippen molar-refractivity contribution in [2.75, 3.05) is 12.4 Å². The molecule has 5 rings (SSSR count). The third-order valence-electron chi connectivity index (χ3n) is 6.77. The van der Waals surface area contributed by atoms with Crippen molar-refractivity contribution in [3.8, 4) is 0 Å². The van der Waals surface area contributed by atoms with Gasteiger partial charge in [0.25, 0.3) is 0 Å². The quantitative estimate of drug-likeness (QED) is 0.398. The standard InChI is InChI=1S/C30H33NO8S/c1-21(32)31-27-29(36-17-22-11-5-2-6-12-22)28-25(38-30(27)37-18-23-13-7-3-8-14-23)19-35-26(39-28)20-40(33,34)24-15-9-4-10-16-24/h2-16,25-30H,17-20H2,1H3,(H,31,32)/t25-,26?,27-,28-,29-,30-/m1/s1. The topological polar surface area (TPSA) is 109 Å². The van der Waals surface area contributed by atoms with Crippen LogP contribution in [0, 0.1) is 0 Å². The predicted molar refractivity (Wildman–Crippen MR) is 146 cm³/mol. The lowest BCUT2D eigenvalue weighted by Gasteiger charge is -2.49. The predicted octanol–water partition coefficient (Wildman–Crippen LogP) is 3.23. The fourth-order valence-corrected chi connectivity index (χ4v) is 6.15. The highest BCUT2D eigenvalue weighted by Crippen LogP contribution is 2.33. The Kier molecular flexibility index (Phi) is 9.25. The van der Waals surface area contributed by atoms with Gasteiger partial charge in [-0.15, -0.1) is 0 Å². The Morgan fingerprint density at radius 1 is 0.850 bits per heavy atom. The molecule has 2 heterocycles. The summed E-state index contributed by atoms with van der Waals surface area (Å²) >= 11 is 0. The second kappa shape index (κ2) is 13.0. The van der Waals surface area contributed by atoms with Crippen LogP contribution in [0.3, 0.4) is 0 Å². The van der Waals surface area contributed by atoms with Crippen LogP contribution >= 0.6 is 0 Å². The summed E-state index contributed by atoms with van der Waals surface area (Å²) in [6.07, 6.45) is -3.95. The van der Waals surface area contributed by atoms with Crippen molar-refractivity contribution < 1.29 is 36.9 Å². The normalized spacial score (nSPS) is 26.5. The minimum atomic E-state index is -3.68. The molecular weight excluding hydrogens is 534 g/mol. The van der Waals surface area contributed by atoms with Crippen LogP contribution in [0.25, 0.3) is 0 Å². The zero-order valence-corrected chi connectivity index (χ0v) is 22.9. The average Bonchev–Trinajstić information content (AvgIpc) is 2.97. The summed E-state index contributed by atoms with van der Waals surface area (Å²) in [6.45, 7) is 1.98. The highest BCUT2D eigenvalue weighted by molar-refractivity contribution is 7.91. The summed E-state index contributed by atoms with van der Waals surface area (Å²) in [5.74, 6) is -0.659. The SMILES string of the molecule is CC(=O)N[C@H]1[C@H](OCc2ccccc2)O[C@@H]2COC(CS(=O)(=O)c3ccccc3)O[C@H]2[C@@H]1OCc1ccccc1. The van der Waals surface area contributed by atoms with E-state index >= 15 is 0 Å². The number of sulfone groups is 1. The van der Waals surface area contributed by atoms with E-state index in [4.69, 9.17) is 23.7 Å². The molecule has 10 heteroatoms. The van der Waals surface area contributed by atoms with Gasteiger partial charge in [-0.05, 0) is 23.3 Å². The van der Waals surface area contributed by atoms with E-state index < -0.39 is 46.8 Å². The molecule has 1 amide bonds. The van der Waals surface area contributed by atoms with Gasteiger partial charge in [-0.25, -0.2) is 8.42 Å². The molecule has 9 nitrogen and oxygen atoms in total. The van der Waals surface area contributed by atoms with Gasteiger partial charge < -0.3 is 29.0 Å². The van der Waals surface area contributed by atoms with Crippen molar-refractivity contribution in [2.45, 2.75) is 62.0 Å². The molecule has 1 N–H and O–H groups in total. The van der Waals surface area contributed by atoms with E-state index in [9.17, 15) is 13.2 Å². The van der Waals surface area contributed by atoms with Gasteiger partial charge >= 0.3 is 0 Å². The number of carbonyl (C=O) groups excluding carboxylic acids is 1. The van der Waals surface area contributed by atoms with E-state index in [1.807, 2.05) is 60.7 Å². The van der Waals surface area contributed by atoms with Crippen molar-refractivity contribution in [2.24, 2.45) is 0 Å². The highest BCUT2D eigenvalue weighted by Gasteiger charge is 2.51. The maximum atomic E-state index is 13.0. The molecule has 0 aromatic heterocycles. The van der Waals surface area contributed by atoms with E-state index in [0.717, 1.165) is 11.1 Å². The van der Waals surface area contributed by atoms with Gasteiger partial charge in [0, 0.05) is 6.92 Å². The Morgan fingerprint density at radius 2 is 1.43 bits per heavy atom. The first-order valence-corrected chi connectivity index (χ1v) is 14.8. The Labute approximate surface area is 234 Å². The number of benzene rings is 3. The van der Waals surface area contributed by atoms with Crippen LogP contribution in [-0.2, 0) is 51.5 Å². The van der Waals surface area contributed by atoms with Crippen molar-refractivity contribution in [3.05, 3.63) is 102 Å². The summed E-state index contributed by atoms with van der Waals surface area (Å²) in [5.41, 5.74) is 1.88. The van der Waals surface area contributed by atoms with Gasteiger partial charge in [0.15, 0.2) is 22.4 Å². The van der Waals surface area contributed by atoms with E-state index in [0.29, 0.717) is 0 Å². The van der Waals surface area contributed by atoms with E-state index in [-0.39, 0.29) is 36.4 Å². The monoisotopic (exact) mass is 567 g/mol. The molecule has 2 fully saturated rings. The number of hydrogen-bond donors (Lipinski definition) is 1. The first kappa shape index (κ1) is 28.4. The third-order valence-corrected chi connectivity index (χ3v) is 8.47. The van der Waals surface area contributed by atoms with E-state index in [1.54, 1.807) is 18.2 Å². The molecule has 3 aromatic carbocycles. The van der Waals surface area contributed by atoms with Gasteiger partial charge in [-0.3, -0.25) is 4.79 Å². The number of rotatable bonds is 10. The Balaban J connectivity index is 1.37. The maximum absolute atomic E-state index is 13.0. The molecule has 1 unspecified atom stereocenters. The summed E-state index contributed by atoms with van der Waals surface area (Å²) in [4.78, 5) is 12.5. The molecule has 2 saturated heterocycles. The van der Waals surface area contributed by atoms with Crippen molar-refractivity contribution in [1.82, 2.24) is 5.32 Å². The van der Waals surface area contributed by atoms with E-state index in [2.05, 4.69) is 5.32 Å². The Hall–Kier alpha value is -3.12. The molecule has 0 bridgehead atoms. The van der Waals surface area contributed by atoms with Crippen LogP contribution in [-0.4, -0.2) is 63.6 Å². The number of fused-ring (bicyclic) bond motifs is 1. The first-order valence-electron chi connectivity index (χ1n) is 13.2. The second-order valence-corrected chi connectivity index (χ2v) is 11.8.